The number of rotatable bonds is 4. The molecule has 1 heterocycles. The fourth-order valence-electron chi connectivity index (χ4n) is 4.78. The molecule has 8 heteroatoms. The average molecular weight is 404 g/mol. The summed E-state index contributed by atoms with van der Waals surface area (Å²) in [5, 5.41) is 10.8. The number of esters is 1. The van der Waals surface area contributed by atoms with Crippen molar-refractivity contribution in [2.45, 2.75) is 6.42 Å². The maximum atomic E-state index is 13.1. The van der Waals surface area contributed by atoms with Gasteiger partial charge in [0.25, 0.3) is 5.69 Å². The second-order valence-corrected chi connectivity index (χ2v) is 7.67. The Morgan fingerprint density at radius 2 is 1.57 bits per heavy atom. The third-order valence-electron chi connectivity index (χ3n) is 6.09. The number of benzene rings is 2. The summed E-state index contributed by atoms with van der Waals surface area (Å²) in [7, 11) is 0. The number of hydrogen-bond acceptors (Lipinski definition) is 6. The minimum Gasteiger partial charge on any atom is -0.423 e. The van der Waals surface area contributed by atoms with Gasteiger partial charge in [-0.2, -0.15) is 0 Å². The maximum Gasteiger partial charge on any atom is 0.345 e. The number of fused-ring (bicyclic) bond motifs is 5. The van der Waals surface area contributed by atoms with Gasteiger partial charge in [0.1, 0.15) is 5.75 Å². The molecular weight excluding hydrogens is 388 g/mol. The molecule has 0 unspecified atom stereocenters. The smallest absolute Gasteiger partial charge is 0.345 e. The summed E-state index contributed by atoms with van der Waals surface area (Å²) >= 11 is 0. The lowest BCUT2D eigenvalue weighted by atomic mass is 9.85. The van der Waals surface area contributed by atoms with Gasteiger partial charge in [0.15, 0.2) is 0 Å². The van der Waals surface area contributed by atoms with E-state index in [1.165, 1.54) is 30.3 Å². The zero-order chi connectivity index (χ0) is 21.0. The van der Waals surface area contributed by atoms with E-state index < -0.39 is 10.9 Å². The SMILES string of the molecule is O=C(Oc1ccc([N+](=O)[O-])cc1)c1ccccc1N1C(=O)[C@@H]2[C@H](C1=O)[C@H]1C=C[C@H]2C1. The van der Waals surface area contributed by atoms with Gasteiger partial charge in [-0.05, 0) is 42.5 Å². The molecule has 1 saturated carbocycles. The normalized spacial score (nSPS) is 26.2. The number of imide groups is 1. The van der Waals surface area contributed by atoms with Gasteiger partial charge >= 0.3 is 5.97 Å². The number of hydrogen-bond donors (Lipinski definition) is 0. The first-order valence-corrected chi connectivity index (χ1v) is 9.57. The van der Waals surface area contributed by atoms with Crippen LogP contribution in [-0.4, -0.2) is 22.7 Å². The van der Waals surface area contributed by atoms with E-state index in [2.05, 4.69) is 0 Å². The Morgan fingerprint density at radius 1 is 0.967 bits per heavy atom. The predicted octanol–water partition coefficient (Wildman–Crippen LogP) is 3.13. The molecule has 0 spiro atoms. The topological polar surface area (TPSA) is 107 Å². The van der Waals surface area contributed by atoms with E-state index >= 15 is 0 Å². The molecule has 1 saturated heterocycles. The first kappa shape index (κ1) is 18.2. The van der Waals surface area contributed by atoms with E-state index in [0.717, 1.165) is 11.3 Å². The molecule has 2 fully saturated rings. The highest BCUT2D eigenvalue weighted by molar-refractivity contribution is 6.24. The number of nitro benzene ring substituents is 1. The molecular formula is C22H16N2O6. The third kappa shape index (κ3) is 2.64. The number of carbonyl (C=O) groups excluding carboxylic acids is 3. The molecule has 2 aromatic rings. The van der Waals surface area contributed by atoms with Crippen molar-refractivity contribution >= 4 is 29.2 Å². The molecule has 150 valence electrons. The van der Waals surface area contributed by atoms with E-state index in [1.807, 2.05) is 12.2 Å². The van der Waals surface area contributed by atoms with Crippen molar-refractivity contribution in [2.24, 2.45) is 23.7 Å². The summed E-state index contributed by atoms with van der Waals surface area (Å²) in [6, 6.07) is 11.4. The Kier molecular flexibility index (Phi) is 4.02. The molecule has 2 aliphatic carbocycles. The van der Waals surface area contributed by atoms with Crippen LogP contribution in [0.2, 0.25) is 0 Å². The number of nitro groups is 1. The zero-order valence-electron chi connectivity index (χ0n) is 15.6. The molecule has 2 amide bonds. The first-order chi connectivity index (χ1) is 14.5. The fraction of sp³-hybridized carbons (Fsp3) is 0.227. The van der Waals surface area contributed by atoms with Crippen LogP contribution < -0.4 is 9.64 Å². The van der Waals surface area contributed by atoms with Crippen LogP contribution in [0.3, 0.4) is 0 Å². The van der Waals surface area contributed by atoms with E-state index in [-0.39, 0.29) is 58.2 Å². The largest absolute Gasteiger partial charge is 0.423 e. The Hall–Kier alpha value is -3.81. The van der Waals surface area contributed by atoms with Gasteiger partial charge in [0, 0.05) is 12.1 Å². The summed E-state index contributed by atoms with van der Waals surface area (Å²) in [6.45, 7) is 0. The van der Waals surface area contributed by atoms with Gasteiger partial charge in [-0.1, -0.05) is 24.3 Å². The molecule has 0 N–H and O–H groups in total. The van der Waals surface area contributed by atoms with Crippen LogP contribution >= 0.6 is 0 Å². The van der Waals surface area contributed by atoms with Crippen molar-refractivity contribution in [2.75, 3.05) is 4.90 Å². The third-order valence-corrected chi connectivity index (χ3v) is 6.09. The van der Waals surface area contributed by atoms with Gasteiger partial charge in [-0.25, -0.2) is 9.69 Å². The van der Waals surface area contributed by atoms with Crippen molar-refractivity contribution in [3.8, 4) is 5.75 Å². The summed E-state index contributed by atoms with van der Waals surface area (Å²) in [6.07, 6.45) is 4.84. The summed E-state index contributed by atoms with van der Waals surface area (Å²) in [4.78, 5) is 50.3. The van der Waals surface area contributed by atoms with Gasteiger partial charge in [-0.15, -0.1) is 0 Å². The predicted molar refractivity (Wildman–Crippen MR) is 105 cm³/mol. The lowest BCUT2D eigenvalue weighted by Crippen LogP contribution is -2.34. The first-order valence-electron chi connectivity index (χ1n) is 9.57. The highest BCUT2D eigenvalue weighted by atomic mass is 16.6. The molecule has 8 nitrogen and oxygen atoms in total. The minimum absolute atomic E-state index is 0.0701. The number of non-ortho nitro benzene ring substituents is 1. The summed E-state index contributed by atoms with van der Waals surface area (Å²) in [5.41, 5.74) is 0.157. The van der Waals surface area contributed by atoms with Crippen molar-refractivity contribution in [3.05, 3.63) is 76.4 Å². The Labute approximate surface area is 170 Å². The zero-order valence-corrected chi connectivity index (χ0v) is 15.6. The van der Waals surface area contributed by atoms with Crippen LogP contribution in [0.4, 0.5) is 11.4 Å². The molecule has 5 rings (SSSR count). The second-order valence-electron chi connectivity index (χ2n) is 7.67. The molecule has 4 atom stereocenters. The summed E-state index contributed by atoms with van der Waals surface area (Å²) < 4.78 is 5.33. The number of nitrogens with zero attached hydrogens (tertiary/aromatic N) is 2. The van der Waals surface area contributed by atoms with E-state index in [1.54, 1.807) is 18.2 Å². The highest BCUT2D eigenvalue weighted by Gasteiger charge is 2.59. The van der Waals surface area contributed by atoms with Gasteiger partial charge in [-0.3, -0.25) is 19.7 Å². The molecule has 0 aromatic heterocycles. The standard InChI is InChI=1S/C22H16N2O6/c25-20-18-12-5-6-13(11-12)19(18)21(26)23(20)17-4-2-1-3-16(17)22(27)30-15-9-7-14(8-10-15)24(28)29/h1-10,12-13,18-19H,11H2/t12-,13-,18-,19+/m0/s1. The molecule has 1 aliphatic heterocycles. The molecule has 2 bridgehead atoms. The van der Waals surface area contributed by atoms with Gasteiger partial charge in [0.2, 0.25) is 11.8 Å². The fourth-order valence-corrected chi connectivity index (χ4v) is 4.78. The van der Waals surface area contributed by atoms with Crippen LogP contribution in [0.15, 0.2) is 60.7 Å². The van der Waals surface area contributed by atoms with Crippen molar-refractivity contribution in [1.82, 2.24) is 0 Å². The molecule has 3 aliphatic rings. The van der Waals surface area contributed by atoms with Crippen LogP contribution in [0.25, 0.3) is 0 Å². The van der Waals surface area contributed by atoms with E-state index in [0.29, 0.717) is 0 Å². The van der Waals surface area contributed by atoms with Crippen molar-refractivity contribution in [1.29, 1.82) is 0 Å². The van der Waals surface area contributed by atoms with E-state index in [4.69, 9.17) is 4.74 Å². The Balaban J connectivity index is 1.43. The lowest BCUT2D eigenvalue weighted by Gasteiger charge is -2.19. The highest BCUT2D eigenvalue weighted by Crippen LogP contribution is 2.53. The molecule has 0 radical (unpaired) electrons. The minimum atomic E-state index is -0.752. The van der Waals surface area contributed by atoms with Crippen LogP contribution in [0.1, 0.15) is 16.8 Å². The average Bonchev–Trinajstić information content (AvgIpc) is 3.42. The quantitative estimate of drug-likeness (QED) is 0.194. The lowest BCUT2D eigenvalue weighted by molar-refractivity contribution is -0.384. The number of allylic oxidation sites excluding steroid dienone is 2. The van der Waals surface area contributed by atoms with Crippen molar-refractivity contribution < 1.29 is 24.0 Å². The monoisotopic (exact) mass is 404 g/mol. The Bertz CT molecular complexity index is 1090. The summed E-state index contributed by atoms with van der Waals surface area (Å²) in [5.74, 6) is -1.79. The molecule has 2 aromatic carbocycles. The maximum absolute atomic E-state index is 13.1. The van der Waals surface area contributed by atoms with E-state index in [9.17, 15) is 24.5 Å². The van der Waals surface area contributed by atoms with Crippen LogP contribution in [0, 0.1) is 33.8 Å². The number of amides is 2. The van der Waals surface area contributed by atoms with Gasteiger partial charge in [0.05, 0.1) is 28.0 Å². The second kappa shape index (κ2) is 6.62. The Morgan fingerprint density at radius 3 is 2.17 bits per heavy atom. The molecule has 30 heavy (non-hydrogen) atoms. The number of para-hydroxylation sites is 1. The number of carbonyl (C=O) groups is 3. The number of ether oxygens (including phenoxy) is 1. The van der Waals surface area contributed by atoms with Crippen molar-refractivity contribution in [3.63, 3.8) is 0 Å². The van der Waals surface area contributed by atoms with Crippen LogP contribution in [0.5, 0.6) is 5.75 Å². The van der Waals surface area contributed by atoms with Crippen LogP contribution in [-0.2, 0) is 9.59 Å². The number of anilines is 1. The van der Waals surface area contributed by atoms with Gasteiger partial charge < -0.3 is 4.74 Å².